The average molecular weight is 740 g/mol. The van der Waals surface area contributed by atoms with Crippen LogP contribution in [0.15, 0.2) is 73.9 Å². The highest BCUT2D eigenvalue weighted by Gasteiger charge is 2.54. The van der Waals surface area contributed by atoms with Crippen LogP contribution in [0.5, 0.6) is 11.5 Å². The number of thioether (sulfide) groups is 2. The van der Waals surface area contributed by atoms with Gasteiger partial charge in [-0.25, -0.2) is 9.78 Å². The summed E-state index contributed by atoms with van der Waals surface area (Å²) in [5, 5.41) is 53.8. The second-order valence-electron chi connectivity index (χ2n) is 10.7. The maximum atomic E-state index is 13.4. The number of nitrogens with zero attached hydrogens (tertiary/aromatic N) is 5. The first kappa shape index (κ1) is 34.3. The Kier molecular flexibility index (Phi) is 9.93. The van der Waals surface area contributed by atoms with Crippen molar-refractivity contribution >= 4 is 69.5 Å². The molecule has 2 aromatic carbocycles. The standard InChI is InChI=1S/C30H25N7O10S3/c31-29-32-17(12-49-29)21(36-46-9-14-3-1-13(2-4-14)7-20(40)41)24(42)33-22-26(43)37-23(28(44)45)16(10-48-27(22)37)11-50-30-35-34-25(47-30)15-5-6-18(38)19(39)8-15/h1-6,8,12,22,27,38-39H,7,9-11H2,(H2,31,32)(H,33,42)(H,40,41)(H,44,45)/t22-,27-/m1/s1. The summed E-state index contributed by atoms with van der Waals surface area (Å²) in [5.41, 5.74) is 7.47. The van der Waals surface area contributed by atoms with Gasteiger partial charge in [0, 0.05) is 22.4 Å². The third-order valence-corrected chi connectivity index (χ3v) is 10.2. The number of fused-ring (bicyclic) bond motifs is 1. The first-order valence-corrected chi connectivity index (χ1v) is 17.3. The number of nitrogen functional groups attached to an aromatic ring is 1. The van der Waals surface area contributed by atoms with Crippen molar-refractivity contribution in [2.24, 2.45) is 5.16 Å². The zero-order valence-corrected chi connectivity index (χ0v) is 27.8. The number of phenolic OH excluding ortho intramolecular Hbond substituents is 2. The largest absolute Gasteiger partial charge is 0.504 e. The number of aromatic nitrogens is 3. The number of rotatable bonds is 13. The number of aliphatic carboxylic acids is 2. The molecule has 0 radical (unpaired) electrons. The molecule has 2 amide bonds. The number of phenols is 2. The van der Waals surface area contributed by atoms with Crippen LogP contribution in [0, 0.1) is 0 Å². The first-order valence-electron chi connectivity index (χ1n) is 14.4. The fraction of sp³-hybridized carbons (Fsp3) is 0.200. The molecule has 0 aliphatic carbocycles. The lowest BCUT2D eigenvalue weighted by Crippen LogP contribution is -2.71. The van der Waals surface area contributed by atoms with E-state index >= 15 is 0 Å². The van der Waals surface area contributed by atoms with Crippen LogP contribution < -0.4 is 11.1 Å². The van der Waals surface area contributed by atoms with E-state index in [2.05, 4.69) is 25.7 Å². The lowest BCUT2D eigenvalue weighted by Gasteiger charge is -2.49. The van der Waals surface area contributed by atoms with Crippen molar-refractivity contribution in [3.63, 3.8) is 0 Å². The van der Waals surface area contributed by atoms with Crippen molar-refractivity contribution < 1.29 is 48.9 Å². The molecule has 2 aromatic heterocycles. The van der Waals surface area contributed by atoms with Gasteiger partial charge in [-0.1, -0.05) is 41.2 Å². The van der Waals surface area contributed by atoms with Gasteiger partial charge in [0.05, 0.1) is 6.42 Å². The fourth-order valence-electron chi connectivity index (χ4n) is 4.89. The Bertz CT molecular complexity index is 2050. The molecule has 0 saturated carbocycles. The van der Waals surface area contributed by atoms with Gasteiger partial charge in [0.2, 0.25) is 5.89 Å². The summed E-state index contributed by atoms with van der Waals surface area (Å²) in [6, 6.07) is 9.54. The third-order valence-electron chi connectivity index (χ3n) is 7.28. The number of aromatic hydroxyl groups is 2. The Morgan fingerprint density at radius 2 is 1.86 bits per heavy atom. The normalized spacial score (nSPS) is 17.2. The molecular formula is C30H25N7O10S3. The number of β-lactam (4-membered cyclic amide) rings is 1. The number of thiazole rings is 1. The van der Waals surface area contributed by atoms with E-state index < -0.39 is 35.2 Å². The van der Waals surface area contributed by atoms with Crippen molar-refractivity contribution in [1.82, 2.24) is 25.4 Å². The number of carboxylic acid groups (broad SMARTS) is 2. The number of hydrogen-bond donors (Lipinski definition) is 6. The highest BCUT2D eigenvalue weighted by molar-refractivity contribution is 8.01. The zero-order chi connectivity index (χ0) is 35.5. The van der Waals surface area contributed by atoms with Crippen LogP contribution in [0.25, 0.3) is 11.5 Å². The van der Waals surface area contributed by atoms with E-state index in [1.807, 2.05) is 0 Å². The van der Waals surface area contributed by atoms with Crippen LogP contribution in [0.1, 0.15) is 16.8 Å². The van der Waals surface area contributed by atoms with Gasteiger partial charge in [-0.15, -0.1) is 33.3 Å². The Morgan fingerprint density at radius 1 is 1.10 bits per heavy atom. The van der Waals surface area contributed by atoms with Crippen LogP contribution >= 0.6 is 34.9 Å². The lowest BCUT2D eigenvalue weighted by atomic mass is 10.0. The Morgan fingerprint density at radius 3 is 2.54 bits per heavy atom. The number of anilines is 1. The molecule has 20 heteroatoms. The number of carbonyl (C=O) groups excluding carboxylic acids is 2. The Balaban J connectivity index is 1.12. The monoisotopic (exact) mass is 739 g/mol. The van der Waals surface area contributed by atoms with Gasteiger partial charge in [0.15, 0.2) is 22.3 Å². The van der Waals surface area contributed by atoms with Crippen LogP contribution in [-0.2, 0) is 37.0 Å². The highest BCUT2D eigenvalue weighted by atomic mass is 32.2. The van der Waals surface area contributed by atoms with E-state index in [1.54, 1.807) is 24.3 Å². The summed E-state index contributed by atoms with van der Waals surface area (Å²) in [4.78, 5) is 60.7. The van der Waals surface area contributed by atoms with Gasteiger partial charge in [0.25, 0.3) is 17.0 Å². The summed E-state index contributed by atoms with van der Waals surface area (Å²) in [5.74, 6) is -3.98. The molecule has 258 valence electrons. The molecule has 1 saturated heterocycles. The van der Waals surface area contributed by atoms with Crippen LogP contribution in [0.3, 0.4) is 0 Å². The van der Waals surface area contributed by atoms with Crippen LogP contribution in [-0.4, -0.2) is 92.9 Å². The van der Waals surface area contributed by atoms with Gasteiger partial charge in [-0.2, -0.15) is 0 Å². The lowest BCUT2D eigenvalue weighted by molar-refractivity contribution is -0.150. The number of amides is 2. The number of nitrogens with two attached hydrogens (primary N) is 1. The molecular weight excluding hydrogens is 715 g/mol. The smallest absolute Gasteiger partial charge is 0.352 e. The number of hydrogen-bond acceptors (Lipinski definition) is 16. The minimum atomic E-state index is -1.32. The van der Waals surface area contributed by atoms with E-state index in [4.69, 9.17) is 20.1 Å². The third kappa shape index (κ3) is 7.36. The molecule has 0 unspecified atom stereocenters. The summed E-state index contributed by atoms with van der Waals surface area (Å²) in [6.07, 6.45) is -0.132. The minimum absolute atomic E-state index is 0.0583. The molecule has 4 heterocycles. The minimum Gasteiger partial charge on any atom is -0.504 e. The molecule has 2 aliphatic rings. The maximum absolute atomic E-state index is 13.4. The van der Waals surface area contributed by atoms with E-state index in [-0.39, 0.29) is 69.4 Å². The summed E-state index contributed by atoms with van der Waals surface area (Å²) < 4.78 is 5.62. The predicted octanol–water partition coefficient (Wildman–Crippen LogP) is 2.27. The molecule has 4 aromatic rings. The fourth-order valence-corrected chi connectivity index (χ4v) is 7.69. The summed E-state index contributed by atoms with van der Waals surface area (Å²) in [7, 11) is 0. The summed E-state index contributed by atoms with van der Waals surface area (Å²) in [6.45, 7) is -0.0583. The molecule has 0 spiro atoms. The summed E-state index contributed by atoms with van der Waals surface area (Å²) >= 11 is 3.39. The molecule has 2 aliphatic heterocycles. The SMILES string of the molecule is Nc1nc(C(=NOCc2ccc(CC(=O)O)cc2)C(=O)N[C@@H]2C(=O)N3C(C(=O)O)=C(CSc4nnc(-c5ccc(O)c(O)c5)o4)CS[C@H]23)cs1. The Labute approximate surface area is 293 Å². The number of oxime groups is 1. The van der Waals surface area contributed by atoms with E-state index in [0.717, 1.165) is 28.0 Å². The number of carboxylic acids is 2. The quantitative estimate of drug-likeness (QED) is 0.0378. The van der Waals surface area contributed by atoms with Crippen LogP contribution in [0.4, 0.5) is 5.13 Å². The van der Waals surface area contributed by atoms with Gasteiger partial charge in [-0.3, -0.25) is 19.3 Å². The number of benzene rings is 2. The van der Waals surface area contributed by atoms with Crippen molar-refractivity contribution in [2.45, 2.75) is 29.7 Å². The highest BCUT2D eigenvalue weighted by Crippen LogP contribution is 2.42. The number of carbonyl (C=O) groups is 4. The molecule has 50 heavy (non-hydrogen) atoms. The second-order valence-corrected chi connectivity index (χ2v) is 13.6. The van der Waals surface area contributed by atoms with Crippen molar-refractivity contribution in [3.8, 4) is 23.0 Å². The van der Waals surface area contributed by atoms with Gasteiger partial charge in [0.1, 0.15) is 29.4 Å². The topological polar surface area (TPSA) is 264 Å². The Hall–Kier alpha value is -5.60. The molecule has 17 nitrogen and oxygen atoms in total. The number of nitrogens with one attached hydrogen (secondary N) is 1. The van der Waals surface area contributed by atoms with Gasteiger partial charge < -0.3 is 40.7 Å². The predicted molar refractivity (Wildman–Crippen MR) is 179 cm³/mol. The van der Waals surface area contributed by atoms with Crippen LogP contribution in [0.2, 0.25) is 0 Å². The van der Waals surface area contributed by atoms with E-state index in [1.165, 1.54) is 35.3 Å². The van der Waals surface area contributed by atoms with E-state index in [0.29, 0.717) is 22.3 Å². The van der Waals surface area contributed by atoms with Gasteiger partial charge in [-0.05, 0) is 34.9 Å². The zero-order valence-electron chi connectivity index (χ0n) is 25.4. The molecule has 0 bridgehead atoms. The van der Waals surface area contributed by atoms with E-state index in [9.17, 15) is 34.5 Å². The second kappa shape index (κ2) is 14.5. The molecule has 6 rings (SSSR count). The molecule has 1 fully saturated rings. The van der Waals surface area contributed by atoms with Crippen molar-refractivity contribution in [2.75, 3.05) is 17.2 Å². The average Bonchev–Trinajstić information content (AvgIpc) is 3.74. The molecule has 2 atom stereocenters. The van der Waals surface area contributed by atoms with Crippen molar-refractivity contribution in [1.29, 1.82) is 0 Å². The van der Waals surface area contributed by atoms with Crippen molar-refractivity contribution in [3.05, 3.63) is 75.9 Å². The maximum Gasteiger partial charge on any atom is 0.352 e. The molecule has 7 N–H and O–H groups in total. The first-order chi connectivity index (χ1) is 24.0. The van der Waals surface area contributed by atoms with Gasteiger partial charge >= 0.3 is 11.9 Å².